The van der Waals surface area contributed by atoms with Crippen molar-refractivity contribution in [3.05, 3.63) is 41.5 Å². The summed E-state index contributed by atoms with van der Waals surface area (Å²) in [5.74, 6) is -0.492. The highest BCUT2D eigenvalue weighted by Crippen LogP contribution is 2.29. The maximum atomic E-state index is 11.5. The number of hydrogen-bond donors (Lipinski definition) is 1. The van der Waals surface area contributed by atoms with Gasteiger partial charge in [-0.1, -0.05) is 24.3 Å². The van der Waals surface area contributed by atoms with E-state index in [4.69, 9.17) is 14.2 Å². The number of carbonyl (C=O) groups is 1. The summed E-state index contributed by atoms with van der Waals surface area (Å²) in [7, 11) is 2.89. The first-order valence-electron chi connectivity index (χ1n) is 6.73. The monoisotopic (exact) mass is 316 g/mol. The van der Waals surface area contributed by atoms with Gasteiger partial charge in [-0.25, -0.2) is 4.79 Å². The summed E-state index contributed by atoms with van der Waals surface area (Å²) in [5, 5.41) is 9.45. The topological polar surface area (TPSA) is 90.8 Å². The van der Waals surface area contributed by atoms with Gasteiger partial charge in [-0.15, -0.1) is 0 Å². The van der Waals surface area contributed by atoms with Crippen LogP contribution in [0.3, 0.4) is 0 Å². The number of benzene rings is 1. The summed E-state index contributed by atoms with van der Waals surface area (Å²) >= 11 is 0. The standard InChI is InChI=1S/C16H16N2O5/c1-4-6-10-7-5-8-11(14(10)15(19)20)23-16-17-12(21-2)9-13(18-16)22-3/h4-9H,1-3H3,(H,19,20)/b6-4-. The van der Waals surface area contributed by atoms with Gasteiger partial charge in [0.25, 0.3) is 0 Å². The molecule has 2 rings (SSSR count). The molecule has 0 unspecified atom stereocenters. The van der Waals surface area contributed by atoms with E-state index in [1.165, 1.54) is 26.4 Å². The zero-order chi connectivity index (χ0) is 16.8. The average Bonchev–Trinajstić information content (AvgIpc) is 2.54. The number of carboxylic acid groups (broad SMARTS) is 1. The molecule has 0 aliphatic heterocycles. The van der Waals surface area contributed by atoms with Crippen LogP contribution in [-0.2, 0) is 0 Å². The number of methoxy groups -OCH3 is 2. The Labute approximate surface area is 133 Å². The van der Waals surface area contributed by atoms with E-state index in [1.54, 1.807) is 31.2 Å². The van der Waals surface area contributed by atoms with Crippen LogP contribution in [0.2, 0.25) is 0 Å². The fourth-order valence-electron chi connectivity index (χ4n) is 1.92. The smallest absolute Gasteiger partial charge is 0.340 e. The third-order valence-corrected chi connectivity index (χ3v) is 2.90. The van der Waals surface area contributed by atoms with Crippen LogP contribution in [0.4, 0.5) is 0 Å². The van der Waals surface area contributed by atoms with Crippen LogP contribution in [-0.4, -0.2) is 35.3 Å². The van der Waals surface area contributed by atoms with Gasteiger partial charge >= 0.3 is 12.0 Å². The van der Waals surface area contributed by atoms with Crippen molar-refractivity contribution in [3.63, 3.8) is 0 Å². The molecular weight excluding hydrogens is 300 g/mol. The number of carboxylic acids is 1. The first kappa shape index (κ1) is 16.3. The van der Waals surface area contributed by atoms with Crippen LogP contribution in [0, 0.1) is 0 Å². The SMILES string of the molecule is C/C=C\c1cccc(Oc2nc(OC)cc(OC)n2)c1C(=O)O. The summed E-state index contributed by atoms with van der Waals surface area (Å²) in [6.07, 6.45) is 3.43. The number of aromatic nitrogens is 2. The number of hydrogen-bond acceptors (Lipinski definition) is 6. The lowest BCUT2D eigenvalue weighted by Crippen LogP contribution is -2.05. The van der Waals surface area contributed by atoms with Gasteiger partial charge in [-0.05, 0) is 18.6 Å². The molecule has 0 saturated carbocycles. The van der Waals surface area contributed by atoms with Gasteiger partial charge in [-0.3, -0.25) is 0 Å². The van der Waals surface area contributed by atoms with Crippen LogP contribution < -0.4 is 14.2 Å². The van der Waals surface area contributed by atoms with Crippen molar-refractivity contribution in [2.45, 2.75) is 6.92 Å². The van der Waals surface area contributed by atoms with E-state index in [1.807, 2.05) is 0 Å². The Hall–Kier alpha value is -3.09. The van der Waals surface area contributed by atoms with Crippen molar-refractivity contribution in [2.75, 3.05) is 14.2 Å². The van der Waals surface area contributed by atoms with Crippen LogP contribution in [0.25, 0.3) is 6.08 Å². The number of aromatic carboxylic acids is 1. The second-order valence-electron chi connectivity index (χ2n) is 4.36. The third kappa shape index (κ3) is 3.76. The molecule has 23 heavy (non-hydrogen) atoms. The fourth-order valence-corrected chi connectivity index (χ4v) is 1.92. The largest absolute Gasteiger partial charge is 0.481 e. The Kier molecular flexibility index (Phi) is 5.14. The zero-order valence-electron chi connectivity index (χ0n) is 12.9. The summed E-state index contributed by atoms with van der Waals surface area (Å²) < 4.78 is 15.6. The highest BCUT2D eigenvalue weighted by molar-refractivity contribution is 5.95. The Morgan fingerprint density at radius 1 is 1.17 bits per heavy atom. The Morgan fingerprint density at radius 2 is 1.83 bits per heavy atom. The minimum absolute atomic E-state index is 0.0241. The molecule has 0 radical (unpaired) electrons. The molecule has 1 aromatic carbocycles. The van der Waals surface area contributed by atoms with Crippen LogP contribution in [0.1, 0.15) is 22.8 Å². The molecule has 1 N–H and O–H groups in total. The molecule has 0 aliphatic rings. The molecule has 0 saturated heterocycles. The Balaban J connectivity index is 2.48. The fraction of sp³-hybridized carbons (Fsp3) is 0.188. The van der Waals surface area contributed by atoms with Crippen molar-refractivity contribution in [2.24, 2.45) is 0 Å². The zero-order valence-corrected chi connectivity index (χ0v) is 12.9. The van der Waals surface area contributed by atoms with E-state index in [-0.39, 0.29) is 29.1 Å². The minimum atomic E-state index is -1.11. The molecular formula is C16H16N2O5. The maximum Gasteiger partial charge on any atom is 0.340 e. The number of rotatable bonds is 6. The lowest BCUT2D eigenvalue weighted by atomic mass is 10.1. The average molecular weight is 316 g/mol. The van der Waals surface area contributed by atoms with E-state index in [0.29, 0.717) is 5.56 Å². The molecule has 2 aromatic rings. The lowest BCUT2D eigenvalue weighted by Gasteiger charge is -2.11. The molecule has 7 nitrogen and oxygen atoms in total. The summed E-state index contributed by atoms with van der Waals surface area (Å²) in [6.45, 7) is 1.80. The minimum Gasteiger partial charge on any atom is -0.481 e. The van der Waals surface area contributed by atoms with Gasteiger partial charge in [0.2, 0.25) is 11.8 Å². The van der Waals surface area contributed by atoms with Gasteiger partial charge in [0.15, 0.2) is 0 Å². The van der Waals surface area contributed by atoms with E-state index in [2.05, 4.69) is 9.97 Å². The predicted octanol–water partition coefficient (Wildman–Crippen LogP) is 3.02. The molecule has 0 amide bonds. The Morgan fingerprint density at radius 3 is 2.35 bits per heavy atom. The predicted molar refractivity (Wildman–Crippen MR) is 83.3 cm³/mol. The van der Waals surface area contributed by atoms with Gasteiger partial charge in [0, 0.05) is 0 Å². The van der Waals surface area contributed by atoms with E-state index < -0.39 is 5.97 Å². The van der Waals surface area contributed by atoms with Crippen molar-refractivity contribution in [1.29, 1.82) is 0 Å². The third-order valence-electron chi connectivity index (χ3n) is 2.90. The molecule has 120 valence electrons. The summed E-state index contributed by atoms with van der Waals surface area (Å²) in [6, 6.07) is 6.33. The molecule has 1 heterocycles. The highest BCUT2D eigenvalue weighted by atomic mass is 16.5. The van der Waals surface area contributed by atoms with Crippen molar-refractivity contribution >= 4 is 12.0 Å². The first-order valence-corrected chi connectivity index (χ1v) is 6.73. The quantitative estimate of drug-likeness (QED) is 0.875. The molecule has 7 heteroatoms. The van der Waals surface area contributed by atoms with Crippen LogP contribution >= 0.6 is 0 Å². The number of nitrogens with zero attached hydrogens (tertiary/aromatic N) is 2. The van der Waals surface area contributed by atoms with Crippen LogP contribution in [0.15, 0.2) is 30.3 Å². The summed E-state index contributed by atoms with van der Waals surface area (Å²) in [5.41, 5.74) is 0.545. The van der Waals surface area contributed by atoms with Crippen molar-refractivity contribution in [1.82, 2.24) is 9.97 Å². The Bertz CT molecular complexity index is 721. The van der Waals surface area contributed by atoms with Gasteiger partial charge in [0.1, 0.15) is 11.3 Å². The normalized spacial score (nSPS) is 10.6. The van der Waals surface area contributed by atoms with Crippen molar-refractivity contribution < 1.29 is 24.1 Å². The highest BCUT2D eigenvalue weighted by Gasteiger charge is 2.17. The van der Waals surface area contributed by atoms with Gasteiger partial charge < -0.3 is 19.3 Å². The molecule has 0 fully saturated rings. The second kappa shape index (κ2) is 7.26. The van der Waals surface area contributed by atoms with Crippen molar-refractivity contribution in [3.8, 4) is 23.5 Å². The second-order valence-corrected chi connectivity index (χ2v) is 4.36. The first-order chi connectivity index (χ1) is 11.1. The van der Waals surface area contributed by atoms with Gasteiger partial charge in [-0.2, -0.15) is 9.97 Å². The van der Waals surface area contributed by atoms with E-state index >= 15 is 0 Å². The molecule has 0 spiro atoms. The number of ether oxygens (including phenoxy) is 3. The van der Waals surface area contributed by atoms with Crippen LogP contribution in [0.5, 0.6) is 23.5 Å². The maximum absolute atomic E-state index is 11.5. The molecule has 0 aliphatic carbocycles. The van der Waals surface area contributed by atoms with E-state index in [0.717, 1.165) is 0 Å². The molecule has 1 aromatic heterocycles. The molecule has 0 bridgehead atoms. The van der Waals surface area contributed by atoms with Gasteiger partial charge in [0.05, 0.1) is 20.3 Å². The lowest BCUT2D eigenvalue weighted by molar-refractivity contribution is 0.0694. The molecule has 0 atom stereocenters. The summed E-state index contributed by atoms with van der Waals surface area (Å²) in [4.78, 5) is 19.6. The number of allylic oxidation sites excluding steroid dienone is 1. The van der Waals surface area contributed by atoms with E-state index in [9.17, 15) is 9.90 Å².